The van der Waals surface area contributed by atoms with Gasteiger partial charge in [-0.25, -0.2) is 4.98 Å². The van der Waals surface area contributed by atoms with Gasteiger partial charge in [-0.05, 0) is 37.4 Å². The molecule has 0 saturated carbocycles. The summed E-state index contributed by atoms with van der Waals surface area (Å²) < 4.78 is 0.719. The Kier molecular flexibility index (Phi) is 4.14. The molecule has 1 unspecified atom stereocenters. The molecule has 0 spiro atoms. The smallest absolute Gasteiger partial charge is 0.268 e. The summed E-state index contributed by atoms with van der Waals surface area (Å²) in [6.45, 7) is 5.99. The van der Waals surface area contributed by atoms with E-state index in [0.717, 1.165) is 35.7 Å². The van der Waals surface area contributed by atoms with Crippen molar-refractivity contribution < 1.29 is 0 Å². The second kappa shape index (κ2) is 6.03. The Balaban J connectivity index is 1.81. The Morgan fingerprint density at radius 3 is 3.20 bits per heavy atom. The predicted octanol–water partition coefficient (Wildman–Crippen LogP) is 1.56. The molecule has 2 N–H and O–H groups in total. The molecule has 5 nitrogen and oxygen atoms in total. The molecule has 0 amide bonds. The lowest BCUT2D eigenvalue weighted by molar-refractivity contribution is 0.162. The Morgan fingerprint density at radius 1 is 1.55 bits per heavy atom. The van der Waals surface area contributed by atoms with E-state index in [1.807, 2.05) is 11.4 Å². The van der Waals surface area contributed by atoms with E-state index in [0.29, 0.717) is 12.6 Å². The molecule has 0 aromatic carbocycles. The van der Waals surface area contributed by atoms with Crippen LogP contribution in [0, 0.1) is 0 Å². The summed E-state index contributed by atoms with van der Waals surface area (Å²) >= 11 is 1.45. The van der Waals surface area contributed by atoms with Crippen LogP contribution < -0.4 is 10.9 Å². The summed E-state index contributed by atoms with van der Waals surface area (Å²) in [6, 6.07) is 2.45. The van der Waals surface area contributed by atoms with Gasteiger partial charge in [-0.2, -0.15) is 0 Å². The third kappa shape index (κ3) is 2.77. The largest absolute Gasteiger partial charge is 0.315 e. The average Bonchev–Trinajstić information content (AvgIpc) is 2.94. The number of thiophene rings is 1. The Hall–Kier alpha value is -1.24. The highest BCUT2D eigenvalue weighted by Gasteiger charge is 2.20. The normalized spacial score (nSPS) is 19.8. The van der Waals surface area contributed by atoms with Gasteiger partial charge in [0.2, 0.25) is 0 Å². The van der Waals surface area contributed by atoms with Crippen molar-refractivity contribution in [3.63, 3.8) is 0 Å². The standard InChI is InChI=1S/C14H20N4OS/c1-2-18(10-4-3-6-15-8-10)9-12-16-11-5-7-20-13(11)14(19)17-12/h5,7,10,15H,2-4,6,8-9H2,1H3,(H,16,17,19). The lowest BCUT2D eigenvalue weighted by atomic mass is 10.1. The third-order valence-corrected chi connectivity index (χ3v) is 4.81. The number of aromatic amines is 1. The maximum Gasteiger partial charge on any atom is 0.268 e. The minimum atomic E-state index is -0.0159. The molecule has 1 atom stereocenters. The summed E-state index contributed by atoms with van der Waals surface area (Å²) in [7, 11) is 0. The van der Waals surface area contributed by atoms with E-state index in [-0.39, 0.29) is 5.56 Å². The minimum absolute atomic E-state index is 0.0159. The number of piperidine rings is 1. The molecule has 108 valence electrons. The van der Waals surface area contributed by atoms with E-state index in [4.69, 9.17) is 0 Å². The predicted molar refractivity (Wildman–Crippen MR) is 82.2 cm³/mol. The number of fused-ring (bicyclic) bond motifs is 1. The van der Waals surface area contributed by atoms with Gasteiger partial charge in [-0.15, -0.1) is 11.3 Å². The van der Waals surface area contributed by atoms with Crippen LogP contribution in [0.15, 0.2) is 16.2 Å². The van der Waals surface area contributed by atoms with Gasteiger partial charge in [-0.3, -0.25) is 9.69 Å². The molecule has 3 heterocycles. The van der Waals surface area contributed by atoms with Crippen LogP contribution in [0.3, 0.4) is 0 Å². The maximum absolute atomic E-state index is 12.0. The van der Waals surface area contributed by atoms with Crippen LogP contribution in [-0.4, -0.2) is 40.5 Å². The second-order valence-corrected chi connectivity index (χ2v) is 6.13. The van der Waals surface area contributed by atoms with Crippen molar-refractivity contribution in [2.45, 2.75) is 32.4 Å². The fraction of sp³-hybridized carbons (Fsp3) is 0.571. The molecule has 1 aliphatic rings. The van der Waals surface area contributed by atoms with E-state index in [2.05, 4.69) is 27.1 Å². The van der Waals surface area contributed by atoms with Crippen molar-refractivity contribution in [2.24, 2.45) is 0 Å². The Bertz CT molecular complexity index is 629. The van der Waals surface area contributed by atoms with Crippen molar-refractivity contribution in [1.82, 2.24) is 20.2 Å². The van der Waals surface area contributed by atoms with Gasteiger partial charge >= 0.3 is 0 Å². The molecular weight excluding hydrogens is 272 g/mol. The molecule has 6 heteroatoms. The maximum atomic E-state index is 12.0. The summed E-state index contributed by atoms with van der Waals surface area (Å²) in [6.07, 6.45) is 2.43. The molecule has 1 fully saturated rings. The Labute approximate surface area is 122 Å². The molecule has 0 radical (unpaired) electrons. The lowest BCUT2D eigenvalue weighted by Crippen LogP contribution is -2.45. The first-order valence-corrected chi connectivity index (χ1v) is 8.07. The number of H-pyrrole nitrogens is 1. The first kappa shape index (κ1) is 13.7. The summed E-state index contributed by atoms with van der Waals surface area (Å²) in [5.74, 6) is 0.772. The van der Waals surface area contributed by atoms with Crippen LogP contribution in [0.1, 0.15) is 25.6 Å². The van der Waals surface area contributed by atoms with Crippen LogP contribution in [0.5, 0.6) is 0 Å². The van der Waals surface area contributed by atoms with Crippen LogP contribution in [0.4, 0.5) is 0 Å². The van der Waals surface area contributed by atoms with Crippen molar-refractivity contribution in [2.75, 3.05) is 19.6 Å². The van der Waals surface area contributed by atoms with E-state index in [9.17, 15) is 4.79 Å². The van der Waals surface area contributed by atoms with Crippen molar-refractivity contribution in [1.29, 1.82) is 0 Å². The quantitative estimate of drug-likeness (QED) is 0.898. The molecule has 0 bridgehead atoms. The van der Waals surface area contributed by atoms with E-state index in [1.54, 1.807) is 0 Å². The topological polar surface area (TPSA) is 61.0 Å². The van der Waals surface area contributed by atoms with Crippen LogP contribution in [-0.2, 0) is 6.54 Å². The fourth-order valence-electron chi connectivity index (χ4n) is 2.83. The van der Waals surface area contributed by atoms with E-state index < -0.39 is 0 Å². The first-order valence-electron chi connectivity index (χ1n) is 7.19. The number of hydrogen-bond acceptors (Lipinski definition) is 5. The SMILES string of the molecule is CCN(Cc1nc2ccsc2c(=O)[nH]1)C1CCCNC1. The number of hydrogen-bond donors (Lipinski definition) is 2. The van der Waals surface area contributed by atoms with Gasteiger partial charge in [0.25, 0.3) is 5.56 Å². The Morgan fingerprint density at radius 2 is 2.45 bits per heavy atom. The molecule has 3 rings (SSSR count). The molecular formula is C14H20N4OS. The van der Waals surface area contributed by atoms with Crippen molar-refractivity contribution >= 4 is 21.6 Å². The van der Waals surface area contributed by atoms with Gasteiger partial charge < -0.3 is 10.3 Å². The van der Waals surface area contributed by atoms with Crippen LogP contribution in [0.2, 0.25) is 0 Å². The summed E-state index contributed by atoms with van der Waals surface area (Å²) in [4.78, 5) is 21.9. The lowest BCUT2D eigenvalue weighted by Gasteiger charge is -2.33. The molecule has 20 heavy (non-hydrogen) atoms. The molecule has 2 aromatic rings. The minimum Gasteiger partial charge on any atom is -0.315 e. The summed E-state index contributed by atoms with van der Waals surface area (Å²) in [5, 5.41) is 5.36. The van der Waals surface area contributed by atoms with Crippen molar-refractivity contribution in [3.05, 3.63) is 27.6 Å². The average molecular weight is 292 g/mol. The van der Waals surface area contributed by atoms with Gasteiger partial charge in [0.1, 0.15) is 10.5 Å². The van der Waals surface area contributed by atoms with E-state index in [1.165, 1.54) is 24.2 Å². The van der Waals surface area contributed by atoms with Gasteiger partial charge in [0.05, 0.1) is 12.1 Å². The van der Waals surface area contributed by atoms with Gasteiger partial charge in [0, 0.05) is 12.6 Å². The number of aromatic nitrogens is 2. The highest BCUT2D eigenvalue weighted by Crippen LogP contribution is 2.16. The van der Waals surface area contributed by atoms with Crippen LogP contribution >= 0.6 is 11.3 Å². The first-order chi connectivity index (χ1) is 9.78. The fourth-order valence-corrected chi connectivity index (χ4v) is 3.56. The number of likely N-dealkylation sites (N-methyl/N-ethyl adjacent to an activating group) is 1. The van der Waals surface area contributed by atoms with Crippen LogP contribution in [0.25, 0.3) is 10.2 Å². The monoisotopic (exact) mass is 292 g/mol. The van der Waals surface area contributed by atoms with Crippen molar-refractivity contribution in [3.8, 4) is 0 Å². The van der Waals surface area contributed by atoms with Gasteiger partial charge in [-0.1, -0.05) is 6.92 Å². The molecule has 1 aliphatic heterocycles. The molecule has 1 saturated heterocycles. The zero-order chi connectivity index (χ0) is 13.9. The third-order valence-electron chi connectivity index (χ3n) is 3.91. The number of nitrogens with zero attached hydrogens (tertiary/aromatic N) is 2. The van der Waals surface area contributed by atoms with Gasteiger partial charge in [0.15, 0.2) is 0 Å². The zero-order valence-electron chi connectivity index (χ0n) is 11.7. The van der Waals surface area contributed by atoms with E-state index >= 15 is 0 Å². The number of nitrogens with one attached hydrogen (secondary N) is 2. The second-order valence-electron chi connectivity index (χ2n) is 5.21. The summed E-state index contributed by atoms with van der Waals surface area (Å²) in [5.41, 5.74) is 0.796. The highest BCUT2D eigenvalue weighted by atomic mass is 32.1. The highest BCUT2D eigenvalue weighted by molar-refractivity contribution is 7.17. The molecule has 0 aliphatic carbocycles. The zero-order valence-corrected chi connectivity index (χ0v) is 12.5. The number of rotatable bonds is 4. The molecule has 2 aromatic heterocycles.